The Morgan fingerprint density at radius 3 is 2.76 bits per heavy atom. The number of halogens is 1. The molecule has 1 heterocycles. The van der Waals surface area contributed by atoms with Gasteiger partial charge in [-0.1, -0.05) is 40.2 Å². The first-order valence-corrected chi connectivity index (χ1v) is 7.36. The Bertz CT molecular complexity index is 739. The number of hydrogen-bond acceptors (Lipinski definition) is 4. The summed E-state index contributed by atoms with van der Waals surface area (Å²) < 4.78 is 2.78. The maximum absolute atomic E-state index is 4.09. The summed E-state index contributed by atoms with van der Waals surface area (Å²) >= 11 is 3.48. The van der Waals surface area contributed by atoms with Crippen LogP contribution in [0.5, 0.6) is 0 Å². The minimum Gasteiger partial charge on any atom is -0.377 e. The molecule has 1 aromatic heterocycles. The maximum Gasteiger partial charge on any atom is 0.175 e. The third kappa shape index (κ3) is 3.11. The van der Waals surface area contributed by atoms with E-state index in [0.29, 0.717) is 6.54 Å². The van der Waals surface area contributed by atoms with Crippen LogP contribution >= 0.6 is 15.9 Å². The average Bonchev–Trinajstić information content (AvgIpc) is 2.97. The van der Waals surface area contributed by atoms with E-state index < -0.39 is 0 Å². The molecule has 5 nitrogen and oxygen atoms in total. The molecule has 3 rings (SSSR count). The van der Waals surface area contributed by atoms with E-state index in [9.17, 15) is 0 Å². The molecule has 0 atom stereocenters. The van der Waals surface area contributed by atoms with Gasteiger partial charge in [0.05, 0.1) is 12.2 Å². The highest BCUT2D eigenvalue weighted by molar-refractivity contribution is 9.10. The highest BCUT2D eigenvalue weighted by Crippen LogP contribution is 2.21. The number of benzene rings is 2. The molecule has 6 heteroatoms. The Hall–Kier alpha value is -2.21. The van der Waals surface area contributed by atoms with Crippen LogP contribution < -0.4 is 5.32 Å². The zero-order valence-electron chi connectivity index (χ0n) is 11.5. The molecule has 0 aliphatic rings. The maximum atomic E-state index is 4.09. The molecule has 0 radical (unpaired) electrons. The minimum atomic E-state index is 0.555. The van der Waals surface area contributed by atoms with Crippen molar-refractivity contribution >= 4 is 21.6 Å². The number of nitrogens with one attached hydrogen (secondary N) is 1. The molecule has 0 aliphatic heterocycles. The molecule has 2 aromatic carbocycles. The highest BCUT2D eigenvalue weighted by Gasteiger charge is 2.08. The molecule has 0 aliphatic carbocycles. The van der Waals surface area contributed by atoms with Crippen LogP contribution in [0.2, 0.25) is 0 Å². The Morgan fingerprint density at radius 1 is 1.14 bits per heavy atom. The number of nitrogens with zero attached hydrogens (tertiary/aromatic N) is 4. The zero-order valence-corrected chi connectivity index (χ0v) is 13.1. The van der Waals surface area contributed by atoms with Gasteiger partial charge in [-0.25, -0.2) is 0 Å². The Morgan fingerprint density at radius 2 is 1.95 bits per heavy atom. The Kier molecular flexibility index (Phi) is 3.96. The van der Waals surface area contributed by atoms with Crippen molar-refractivity contribution in [2.75, 3.05) is 5.32 Å². The number of anilines is 1. The molecule has 0 saturated heterocycles. The summed E-state index contributed by atoms with van der Waals surface area (Å²) in [5.74, 6) is 0.764. The summed E-state index contributed by atoms with van der Waals surface area (Å²) in [4.78, 5) is 0. The van der Waals surface area contributed by atoms with Gasteiger partial charge in [0.25, 0.3) is 0 Å². The van der Waals surface area contributed by atoms with E-state index in [4.69, 9.17) is 0 Å². The molecule has 21 heavy (non-hydrogen) atoms. The van der Waals surface area contributed by atoms with Crippen LogP contribution in [0.25, 0.3) is 5.69 Å². The first-order chi connectivity index (χ1) is 10.2. The second-order valence-corrected chi connectivity index (χ2v) is 5.57. The summed E-state index contributed by atoms with van der Waals surface area (Å²) in [5.41, 5.74) is 3.19. The number of hydrogen-bond donors (Lipinski definition) is 1. The van der Waals surface area contributed by atoms with E-state index in [0.717, 1.165) is 21.7 Å². The average molecular weight is 344 g/mol. The van der Waals surface area contributed by atoms with Crippen molar-refractivity contribution < 1.29 is 0 Å². The fraction of sp³-hybridized carbons (Fsp3) is 0.133. The quantitative estimate of drug-likeness (QED) is 0.789. The lowest BCUT2D eigenvalue weighted by atomic mass is 10.2. The smallest absolute Gasteiger partial charge is 0.175 e. The van der Waals surface area contributed by atoms with E-state index in [1.807, 2.05) is 42.5 Å². The zero-order chi connectivity index (χ0) is 14.7. The van der Waals surface area contributed by atoms with Crippen LogP contribution in [0, 0.1) is 6.92 Å². The van der Waals surface area contributed by atoms with Crippen LogP contribution in [-0.4, -0.2) is 20.2 Å². The van der Waals surface area contributed by atoms with Crippen molar-refractivity contribution in [1.82, 2.24) is 20.2 Å². The first-order valence-electron chi connectivity index (χ1n) is 6.57. The fourth-order valence-electron chi connectivity index (χ4n) is 2.04. The van der Waals surface area contributed by atoms with Crippen LogP contribution in [0.15, 0.2) is 53.0 Å². The Labute approximate surface area is 131 Å². The van der Waals surface area contributed by atoms with E-state index >= 15 is 0 Å². The lowest BCUT2D eigenvalue weighted by Gasteiger charge is -2.10. The normalized spacial score (nSPS) is 10.6. The topological polar surface area (TPSA) is 55.6 Å². The van der Waals surface area contributed by atoms with Gasteiger partial charge in [0.1, 0.15) is 0 Å². The molecule has 0 saturated carbocycles. The molecule has 0 bridgehead atoms. The van der Waals surface area contributed by atoms with Gasteiger partial charge in [0, 0.05) is 10.2 Å². The molecule has 1 N–H and O–H groups in total. The van der Waals surface area contributed by atoms with Crippen molar-refractivity contribution in [3.05, 3.63) is 64.4 Å². The third-order valence-corrected chi connectivity index (χ3v) is 3.66. The highest BCUT2D eigenvalue weighted by atomic mass is 79.9. The van der Waals surface area contributed by atoms with Gasteiger partial charge >= 0.3 is 0 Å². The van der Waals surface area contributed by atoms with Crippen LogP contribution in [0.1, 0.15) is 11.4 Å². The SMILES string of the molecule is Cc1ccc(Br)cc1NCc1nnnn1-c1ccccc1. The number of para-hydroxylation sites is 1. The first kappa shape index (κ1) is 13.8. The molecule has 0 unspecified atom stereocenters. The third-order valence-electron chi connectivity index (χ3n) is 3.17. The van der Waals surface area contributed by atoms with Gasteiger partial charge in [-0.05, 0) is 47.2 Å². The van der Waals surface area contributed by atoms with Crippen LogP contribution in [0.3, 0.4) is 0 Å². The van der Waals surface area contributed by atoms with E-state index in [1.165, 1.54) is 5.56 Å². The van der Waals surface area contributed by atoms with E-state index in [2.05, 4.69) is 49.8 Å². The van der Waals surface area contributed by atoms with Crippen molar-refractivity contribution in [3.8, 4) is 5.69 Å². The standard InChI is InChI=1S/C15H14BrN5/c1-11-7-8-12(16)9-14(11)17-10-15-18-19-20-21(15)13-5-3-2-4-6-13/h2-9,17H,10H2,1H3. The van der Waals surface area contributed by atoms with Crippen molar-refractivity contribution in [2.45, 2.75) is 13.5 Å². The molecular weight excluding hydrogens is 330 g/mol. The summed E-state index contributed by atoms with van der Waals surface area (Å²) in [6, 6.07) is 16.0. The van der Waals surface area contributed by atoms with Crippen LogP contribution in [-0.2, 0) is 6.54 Å². The van der Waals surface area contributed by atoms with Gasteiger partial charge in [-0.3, -0.25) is 0 Å². The van der Waals surface area contributed by atoms with Crippen molar-refractivity contribution in [1.29, 1.82) is 0 Å². The second-order valence-electron chi connectivity index (χ2n) is 4.66. The molecule has 3 aromatic rings. The van der Waals surface area contributed by atoms with Gasteiger partial charge < -0.3 is 5.32 Å². The molecule has 0 amide bonds. The number of rotatable bonds is 4. The summed E-state index contributed by atoms with van der Waals surface area (Å²) in [7, 11) is 0. The van der Waals surface area contributed by atoms with E-state index in [1.54, 1.807) is 4.68 Å². The van der Waals surface area contributed by atoms with Crippen LogP contribution in [0.4, 0.5) is 5.69 Å². The summed E-state index contributed by atoms with van der Waals surface area (Å²) in [6.45, 7) is 2.62. The lowest BCUT2D eigenvalue weighted by Crippen LogP contribution is -2.09. The largest absolute Gasteiger partial charge is 0.377 e. The molecule has 0 fully saturated rings. The van der Waals surface area contributed by atoms with Gasteiger partial charge in [-0.2, -0.15) is 4.68 Å². The predicted octanol–water partition coefficient (Wildman–Crippen LogP) is 3.35. The minimum absolute atomic E-state index is 0.555. The monoisotopic (exact) mass is 343 g/mol. The van der Waals surface area contributed by atoms with Gasteiger partial charge in [-0.15, -0.1) is 5.10 Å². The van der Waals surface area contributed by atoms with Crippen molar-refractivity contribution in [3.63, 3.8) is 0 Å². The number of aromatic nitrogens is 4. The number of aryl methyl sites for hydroxylation is 1. The lowest BCUT2D eigenvalue weighted by molar-refractivity contribution is 0.768. The van der Waals surface area contributed by atoms with Gasteiger partial charge in [0.2, 0.25) is 0 Å². The second kappa shape index (κ2) is 6.05. The summed E-state index contributed by atoms with van der Waals surface area (Å²) in [6.07, 6.45) is 0. The van der Waals surface area contributed by atoms with E-state index in [-0.39, 0.29) is 0 Å². The molecule has 106 valence electrons. The number of tetrazole rings is 1. The molecule has 0 spiro atoms. The van der Waals surface area contributed by atoms with Crippen molar-refractivity contribution in [2.24, 2.45) is 0 Å². The summed E-state index contributed by atoms with van der Waals surface area (Å²) in [5, 5.41) is 15.3. The predicted molar refractivity (Wildman–Crippen MR) is 85.4 cm³/mol. The fourth-order valence-corrected chi connectivity index (χ4v) is 2.41. The molecular formula is C15H14BrN5. The van der Waals surface area contributed by atoms with Gasteiger partial charge in [0.15, 0.2) is 5.82 Å². The Balaban J connectivity index is 1.81.